The molecule has 0 saturated carbocycles. The van der Waals surface area contributed by atoms with E-state index in [0.717, 1.165) is 37.4 Å². The maximum atomic E-state index is 6.04. The van der Waals surface area contributed by atoms with E-state index in [1.165, 1.54) is 11.1 Å². The summed E-state index contributed by atoms with van der Waals surface area (Å²) in [4.78, 5) is 0. The van der Waals surface area contributed by atoms with Gasteiger partial charge >= 0.3 is 103 Å². The Kier molecular flexibility index (Phi) is 7.19. The van der Waals surface area contributed by atoms with Crippen molar-refractivity contribution in [2.24, 2.45) is 0 Å². The zero-order valence-electron chi connectivity index (χ0n) is 12.7. The predicted molar refractivity (Wildman–Crippen MR) is 73.5 cm³/mol. The van der Waals surface area contributed by atoms with Crippen molar-refractivity contribution in [1.29, 1.82) is 0 Å². The van der Waals surface area contributed by atoms with Gasteiger partial charge in [0.1, 0.15) is 0 Å². The van der Waals surface area contributed by atoms with Crippen molar-refractivity contribution in [1.82, 2.24) is 5.32 Å². The number of ether oxygens (including phenoxy) is 1. The molecular formula is C17H15K2NO. The Hall–Kier alpha value is 1.47. The average molecular weight is 328 g/mol. The molecule has 0 atom stereocenters. The molecule has 21 heavy (non-hydrogen) atoms. The average Bonchev–Trinajstić information content (AvgIpc) is 2.49. The van der Waals surface area contributed by atoms with Crippen molar-refractivity contribution in [3.63, 3.8) is 0 Å². The summed E-state index contributed by atoms with van der Waals surface area (Å²) in [6.45, 7) is 2.09. The summed E-state index contributed by atoms with van der Waals surface area (Å²) in [6, 6.07) is 18.5. The van der Waals surface area contributed by atoms with Gasteiger partial charge in [-0.05, 0) is 25.9 Å². The summed E-state index contributed by atoms with van der Waals surface area (Å²) in [5, 5.41) is 3.46. The van der Waals surface area contributed by atoms with E-state index in [2.05, 4.69) is 29.6 Å². The summed E-state index contributed by atoms with van der Waals surface area (Å²) < 4.78 is 6.04. The molecule has 96 valence electrons. The van der Waals surface area contributed by atoms with Crippen LogP contribution in [-0.4, -0.2) is 13.1 Å². The van der Waals surface area contributed by atoms with Crippen LogP contribution in [0.1, 0.15) is 24.0 Å². The summed E-state index contributed by atoms with van der Waals surface area (Å²) in [7, 11) is 0. The van der Waals surface area contributed by atoms with Crippen LogP contribution in [0.2, 0.25) is 0 Å². The van der Waals surface area contributed by atoms with Gasteiger partial charge < -0.3 is 10.1 Å². The van der Waals surface area contributed by atoms with Gasteiger partial charge in [0.05, 0.1) is 0 Å². The number of nitrogens with one attached hydrogen (secondary N) is 1. The van der Waals surface area contributed by atoms with Crippen LogP contribution in [0, 0.1) is 12.1 Å². The van der Waals surface area contributed by atoms with Crippen molar-refractivity contribution in [2.45, 2.75) is 18.3 Å². The SMILES string of the molecule is [K+].[K+].[c-]1ccc2c(c1)C1(CCNCC1)c1c[c-]ccc1O2. The summed E-state index contributed by atoms with van der Waals surface area (Å²) >= 11 is 0. The van der Waals surface area contributed by atoms with Gasteiger partial charge in [0.25, 0.3) is 0 Å². The molecular weight excluding hydrogens is 312 g/mol. The van der Waals surface area contributed by atoms with Crippen molar-refractivity contribution in [2.75, 3.05) is 13.1 Å². The zero-order valence-corrected chi connectivity index (χ0v) is 18.9. The number of hydrogen-bond donors (Lipinski definition) is 1. The van der Waals surface area contributed by atoms with Crippen LogP contribution in [0.3, 0.4) is 0 Å². The van der Waals surface area contributed by atoms with Crippen molar-refractivity contribution >= 4 is 0 Å². The van der Waals surface area contributed by atoms with Crippen LogP contribution >= 0.6 is 0 Å². The molecule has 4 heteroatoms. The van der Waals surface area contributed by atoms with E-state index >= 15 is 0 Å². The smallest absolute Gasteiger partial charge is 0.508 e. The Balaban J connectivity index is 0.000000807. The molecule has 2 aliphatic rings. The summed E-state index contributed by atoms with van der Waals surface area (Å²) in [5.41, 5.74) is 2.64. The van der Waals surface area contributed by atoms with Crippen LogP contribution in [0.25, 0.3) is 0 Å². The molecule has 2 aromatic carbocycles. The van der Waals surface area contributed by atoms with E-state index in [1.807, 2.05) is 24.3 Å². The molecule has 2 aromatic rings. The number of rotatable bonds is 0. The third kappa shape index (κ3) is 3.33. The molecule has 0 amide bonds. The Morgan fingerprint density at radius 1 is 0.905 bits per heavy atom. The number of piperidine rings is 1. The molecule has 1 saturated heterocycles. The van der Waals surface area contributed by atoms with Gasteiger partial charge in [-0.3, -0.25) is 0 Å². The van der Waals surface area contributed by atoms with E-state index in [0.29, 0.717) is 0 Å². The largest absolute Gasteiger partial charge is 1.00 e. The van der Waals surface area contributed by atoms with E-state index in [4.69, 9.17) is 4.74 Å². The van der Waals surface area contributed by atoms with Gasteiger partial charge in [-0.2, -0.15) is 36.4 Å². The fourth-order valence-electron chi connectivity index (χ4n) is 3.41. The Morgan fingerprint density at radius 2 is 1.43 bits per heavy atom. The number of hydrogen-bond acceptors (Lipinski definition) is 2. The van der Waals surface area contributed by atoms with Gasteiger partial charge in [0.15, 0.2) is 0 Å². The molecule has 2 heterocycles. The molecule has 1 spiro atoms. The van der Waals surface area contributed by atoms with Gasteiger partial charge in [0, 0.05) is 11.5 Å². The monoisotopic (exact) mass is 327 g/mol. The molecule has 0 aromatic heterocycles. The normalized spacial score (nSPS) is 17.5. The maximum Gasteiger partial charge on any atom is 1.00 e. The minimum atomic E-state index is 0. The van der Waals surface area contributed by atoms with E-state index in [-0.39, 0.29) is 108 Å². The maximum absolute atomic E-state index is 6.04. The van der Waals surface area contributed by atoms with E-state index in [1.54, 1.807) is 0 Å². The third-order valence-corrected chi connectivity index (χ3v) is 4.36. The van der Waals surface area contributed by atoms with Crippen LogP contribution in [0.15, 0.2) is 36.4 Å². The van der Waals surface area contributed by atoms with Crippen LogP contribution in [-0.2, 0) is 5.41 Å². The Bertz CT molecular complexity index is 576. The first-order valence-electron chi connectivity index (χ1n) is 6.80. The standard InChI is InChI=1S/C17H15NO.2K/c1-3-7-15-13(5-1)17(9-11-18-12-10-17)14-6-2-4-8-16(14)19-15;;/h3-8,18H,9-12H2;;/q-2;2*+1. The quantitative estimate of drug-likeness (QED) is 0.413. The van der Waals surface area contributed by atoms with Crippen LogP contribution in [0.4, 0.5) is 0 Å². The van der Waals surface area contributed by atoms with Crippen molar-refractivity contribution < 1.29 is 108 Å². The first-order chi connectivity index (χ1) is 9.40. The predicted octanol–water partition coefficient (Wildman–Crippen LogP) is -2.93. The second-order valence-electron chi connectivity index (χ2n) is 5.28. The van der Waals surface area contributed by atoms with Crippen LogP contribution < -0.4 is 113 Å². The molecule has 0 radical (unpaired) electrons. The van der Waals surface area contributed by atoms with Crippen LogP contribution in [0.5, 0.6) is 11.5 Å². The van der Waals surface area contributed by atoms with Gasteiger partial charge in [-0.25, -0.2) is 0 Å². The topological polar surface area (TPSA) is 21.3 Å². The molecule has 0 unspecified atom stereocenters. The minimum absolute atomic E-state index is 0. The fraction of sp³-hybridized carbons (Fsp3) is 0.294. The fourth-order valence-corrected chi connectivity index (χ4v) is 3.41. The molecule has 1 N–H and O–H groups in total. The Morgan fingerprint density at radius 3 is 1.95 bits per heavy atom. The molecule has 2 aliphatic heterocycles. The second-order valence-corrected chi connectivity index (χ2v) is 5.28. The molecule has 0 bridgehead atoms. The van der Waals surface area contributed by atoms with Crippen molar-refractivity contribution in [3.05, 3.63) is 59.7 Å². The van der Waals surface area contributed by atoms with Gasteiger partial charge in [0.2, 0.25) is 0 Å². The van der Waals surface area contributed by atoms with E-state index < -0.39 is 0 Å². The van der Waals surface area contributed by atoms with Gasteiger partial charge in [-0.15, -0.1) is 23.3 Å². The minimum Gasteiger partial charge on any atom is -0.508 e. The first-order valence-corrected chi connectivity index (χ1v) is 6.80. The molecule has 4 rings (SSSR count). The third-order valence-electron chi connectivity index (χ3n) is 4.36. The summed E-state index contributed by atoms with van der Waals surface area (Å²) in [6.07, 6.45) is 2.21. The Labute approximate surface area is 211 Å². The number of benzene rings is 2. The second kappa shape index (κ2) is 8.03. The molecule has 2 nitrogen and oxygen atoms in total. The molecule has 1 fully saturated rings. The van der Waals surface area contributed by atoms with Crippen molar-refractivity contribution in [3.8, 4) is 11.5 Å². The molecule has 0 aliphatic carbocycles. The van der Waals surface area contributed by atoms with Gasteiger partial charge in [-0.1, -0.05) is 5.41 Å². The summed E-state index contributed by atoms with van der Waals surface area (Å²) in [5.74, 6) is 1.97. The first kappa shape index (κ1) is 18.8. The van der Waals surface area contributed by atoms with E-state index in [9.17, 15) is 0 Å². The zero-order chi connectivity index (χ0) is 12.7. The number of fused-ring (bicyclic) bond motifs is 4.